The van der Waals surface area contributed by atoms with Gasteiger partial charge in [0.15, 0.2) is 10.9 Å². The van der Waals surface area contributed by atoms with Crippen LogP contribution in [-0.2, 0) is 6.54 Å². The van der Waals surface area contributed by atoms with E-state index < -0.39 is 0 Å². The highest BCUT2D eigenvalue weighted by Gasteiger charge is 2.08. The van der Waals surface area contributed by atoms with E-state index in [-0.39, 0.29) is 17.5 Å². The van der Waals surface area contributed by atoms with Crippen LogP contribution < -0.4 is 14.5 Å². The molecule has 1 aromatic carbocycles. The number of thioether (sulfide) groups is 1. The summed E-state index contributed by atoms with van der Waals surface area (Å²) in [7, 11) is 1.63. The van der Waals surface area contributed by atoms with Gasteiger partial charge in [0.1, 0.15) is 5.75 Å². The van der Waals surface area contributed by atoms with Crippen molar-refractivity contribution in [1.82, 2.24) is 10.3 Å². The second kappa shape index (κ2) is 8.13. The lowest BCUT2D eigenvalue weighted by Gasteiger charge is -2.06. The van der Waals surface area contributed by atoms with Crippen LogP contribution in [0.15, 0.2) is 49.7 Å². The first-order chi connectivity index (χ1) is 12.2. The van der Waals surface area contributed by atoms with E-state index in [0.717, 1.165) is 21.3 Å². The van der Waals surface area contributed by atoms with Crippen molar-refractivity contribution >= 4 is 34.9 Å². The van der Waals surface area contributed by atoms with Crippen LogP contribution in [-0.4, -0.2) is 29.0 Å². The Morgan fingerprint density at radius 3 is 2.88 bits per heavy atom. The minimum atomic E-state index is -0.286. The van der Waals surface area contributed by atoms with Crippen molar-refractivity contribution in [3.63, 3.8) is 0 Å². The molecule has 2 heterocycles. The summed E-state index contributed by atoms with van der Waals surface area (Å²) < 4.78 is 12.5. The van der Waals surface area contributed by atoms with Crippen molar-refractivity contribution in [2.24, 2.45) is 4.99 Å². The summed E-state index contributed by atoms with van der Waals surface area (Å²) >= 11 is 2.85. The van der Waals surface area contributed by atoms with Gasteiger partial charge in [0.05, 0.1) is 12.8 Å². The van der Waals surface area contributed by atoms with Crippen LogP contribution in [0.5, 0.6) is 5.75 Å². The summed E-state index contributed by atoms with van der Waals surface area (Å²) in [5, 5.41) is 17.6. The highest BCUT2D eigenvalue weighted by molar-refractivity contribution is 8.01. The highest BCUT2D eigenvalue weighted by atomic mass is 32.2. The molecule has 0 spiro atoms. The van der Waals surface area contributed by atoms with Crippen molar-refractivity contribution in [3.8, 4) is 17.0 Å². The van der Waals surface area contributed by atoms with Gasteiger partial charge in [-0.15, -0.1) is 11.3 Å². The lowest BCUT2D eigenvalue weighted by molar-refractivity contribution is -0.759. The van der Waals surface area contributed by atoms with Crippen molar-refractivity contribution in [2.75, 3.05) is 12.9 Å². The first-order valence-corrected chi connectivity index (χ1v) is 9.38. The van der Waals surface area contributed by atoms with Crippen molar-refractivity contribution in [3.05, 3.63) is 35.8 Å². The summed E-state index contributed by atoms with van der Waals surface area (Å²) in [4.78, 5) is 8.42. The third-order valence-electron chi connectivity index (χ3n) is 3.25. The van der Waals surface area contributed by atoms with Crippen LogP contribution in [0, 0.1) is 0 Å². The minimum Gasteiger partial charge on any atom is -0.861 e. The standard InChI is InChI=1S/C16H16N4O3S2/c1-3-20-8-15(23-19-20)18-14(21)10-25-16-17-13(9-24-16)11-4-6-12(22-2)7-5-11/h4-9H,3,10H2,1-2H3. The average Bonchev–Trinajstić information content (AvgIpc) is 3.29. The number of aromatic nitrogens is 3. The number of thiazole rings is 1. The number of aliphatic imine (C=N–C) groups is 1. The van der Waals surface area contributed by atoms with E-state index >= 15 is 0 Å². The van der Waals surface area contributed by atoms with Gasteiger partial charge in [-0.05, 0) is 37.1 Å². The smallest absolute Gasteiger partial charge is 0.320 e. The molecule has 7 nitrogen and oxygen atoms in total. The molecular formula is C16H16N4O3S2. The van der Waals surface area contributed by atoms with Crippen LogP contribution in [0.2, 0.25) is 0 Å². The predicted molar refractivity (Wildman–Crippen MR) is 94.3 cm³/mol. The van der Waals surface area contributed by atoms with Crippen molar-refractivity contribution in [2.45, 2.75) is 17.8 Å². The molecule has 0 N–H and O–H groups in total. The average molecular weight is 376 g/mol. The van der Waals surface area contributed by atoms with Crippen LogP contribution >= 0.6 is 23.1 Å². The van der Waals surface area contributed by atoms with Crippen LogP contribution in [0.25, 0.3) is 11.3 Å². The molecule has 3 rings (SSSR count). The normalized spacial score (nSPS) is 11.7. The van der Waals surface area contributed by atoms with Gasteiger partial charge in [0.2, 0.25) is 5.27 Å². The fourth-order valence-electron chi connectivity index (χ4n) is 1.96. The molecule has 3 aromatic rings. The maximum Gasteiger partial charge on any atom is 0.320 e. The number of rotatable bonds is 7. The Bertz CT molecular complexity index is 858. The summed E-state index contributed by atoms with van der Waals surface area (Å²) in [5.74, 6) is 0.927. The van der Waals surface area contributed by atoms with E-state index in [0.29, 0.717) is 6.54 Å². The molecule has 0 radical (unpaired) electrons. The second-order valence-corrected chi connectivity index (χ2v) is 7.00. The summed E-state index contributed by atoms with van der Waals surface area (Å²) in [6, 6.07) is 7.69. The largest absolute Gasteiger partial charge is 0.861 e. The van der Waals surface area contributed by atoms with Crippen LogP contribution in [0.1, 0.15) is 6.92 Å². The molecule has 0 unspecified atom stereocenters. The second-order valence-electron chi connectivity index (χ2n) is 4.92. The lowest BCUT2D eigenvalue weighted by atomic mass is 10.2. The van der Waals surface area contributed by atoms with Gasteiger partial charge in [0, 0.05) is 16.7 Å². The molecule has 0 aliphatic heterocycles. The fraction of sp³-hybridized carbons (Fsp3) is 0.250. The Hall–Kier alpha value is -2.39. The van der Waals surface area contributed by atoms with E-state index in [9.17, 15) is 5.11 Å². The molecule has 0 saturated carbocycles. The molecule has 0 saturated heterocycles. The monoisotopic (exact) mass is 376 g/mol. The Kier molecular flexibility index (Phi) is 5.67. The molecule has 130 valence electrons. The molecule has 9 heteroatoms. The number of ether oxygens (including phenoxy) is 1. The summed E-state index contributed by atoms with van der Waals surface area (Å²) in [6.45, 7) is 2.59. The highest BCUT2D eigenvalue weighted by Crippen LogP contribution is 2.29. The number of benzene rings is 1. The third-order valence-corrected chi connectivity index (χ3v) is 5.25. The molecule has 0 amide bonds. The topological polar surface area (TPSA) is 87.5 Å². The van der Waals surface area contributed by atoms with Gasteiger partial charge in [-0.3, -0.25) is 4.52 Å². The van der Waals surface area contributed by atoms with Gasteiger partial charge in [-0.2, -0.15) is 0 Å². The van der Waals surface area contributed by atoms with Gasteiger partial charge in [-0.25, -0.2) is 9.98 Å². The van der Waals surface area contributed by atoms with Crippen LogP contribution in [0.3, 0.4) is 0 Å². The maximum atomic E-state index is 11.9. The Balaban J connectivity index is 1.60. The molecular weight excluding hydrogens is 360 g/mol. The number of aryl methyl sites for hydroxylation is 1. The first kappa shape index (κ1) is 17.4. The molecule has 0 aliphatic rings. The third kappa shape index (κ3) is 4.58. The van der Waals surface area contributed by atoms with Crippen molar-refractivity contribution < 1.29 is 19.0 Å². The molecule has 25 heavy (non-hydrogen) atoms. The van der Waals surface area contributed by atoms with Gasteiger partial charge < -0.3 is 9.84 Å². The molecule has 0 bridgehead atoms. The Labute approximate surface area is 153 Å². The molecule has 2 aromatic heterocycles. The van der Waals surface area contributed by atoms with E-state index in [1.165, 1.54) is 23.1 Å². The maximum absolute atomic E-state index is 11.9. The zero-order valence-electron chi connectivity index (χ0n) is 13.7. The molecule has 0 fully saturated rings. The zero-order chi connectivity index (χ0) is 17.6. The van der Waals surface area contributed by atoms with E-state index in [1.54, 1.807) is 18.0 Å². The summed E-state index contributed by atoms with van der Waals surface area (Å²) in [6.07, 6.45) is 1.59. The lowest BCUT2D eigenvalue weighted by Crippen LogP contribution is -2.32. The van der Waals surface area contributed by atoms with Gasteiger partial charge >= 0.3 is 5.88 Å². The van der Waals surface area contributed by atoms with Crippen LogP contribution in [0.4, 0.5) is 5.88 Å². The quantitative estimate of drug-likeness (QED) is 0.272. The molecule has 0 aliphatic carbocycles. The predicted octanol–water partition coefficient (Wildman–Crippen LogP) is 2.30. The van der Waals surface area contributed by atoms with E-state index in [2.05, 4.69) is 15.2 Å². The number of methoxy groups -OCH3 is 1. The fourth-order valence-corrected chi connectivity index (χ4v) is 3.58. The zero-order valence-corrected chi connectivity index (χ0v) is 15.3. The Morgan fingerprint density at radius 2 is 2.20 bits per heavy atom. The van der Waals surface area contributed by atoms with Gasteiger partial charge in [-0.1, -0.05) is 16.4 Å². The van der Waals surface area contributed by atoms with Crippen molar-refractivity contribution in [1.29, 1.82) is 0 Å². The number of hydrogen-bond acceptors (Lipinski definition) is 8. The summed E-state index contributed by atoms with van der Waals surface area (Å²) in [5.41, 5.74) is 1.88. The SMILES string of the molecule is CC[n+]1cc(/N=C(\[O-])CSc2nc(-c3ccc(OC)cc3)cs2)on1. The minimum absolute atomic E-state index is 0.197. The van der Waals surface area contributed by atoms with Gasteiger partial charge in [0.25, 0.3) is 6.20 Å². The number of hydrogen-bond donors (Lipinski definition) is 0. The first-order valence-electron chi connectivity index (χ1n) is 7.51. The number of nitrogens with zero attached hydrogens (tertiary/aromatic N) is 4. The van der Waals surface area contributed by atoms with E-state index in [4.69, 9.17) is 9.26 Å². The van der Waals surface area contributed by atoms with E-state index in [1.807, 2.05) is 36.6 Å². The molecule has 0 atom stereocenters. The Morgan fingerprint density at radius 1 is 1.40 bits per heavy atom.